The fourth-order valence-electron chi connectivity index (χ4n) is 0.988. The number of rotatable bonds is 2. The quantitative estimate of drug-likeness (QED) is 0.357. The standard InChI is InChI=1S/C12H9IO2S/c1-15-12(14)7-6-10-2-4-11(5-3-10)8-9-16-13/h2-7H,1H3/b7-6+. The highest BCUT2D eigenvalue weighted by atomic mass is 127. The molecule has 0 amide bonds. The topological polar surface area (TPSA) is 26.3 Å². The molecule has 1 aromatic rings. The predicted octanol–water partition coefficient (Wildman–Crippen LogP) is 3.27. The number of methoxy groups -OCH3 is 1. The van der Waals surface area contributed by atoms with Gasteiger partial charge < -0.3 is 4.74 Å². The molecule has 0 saturated carbocycles. The summed E-state index contributed by atoms with van der Waals surface area (Å²) in [5.41, 5.74) is 1.90. The summed E-state index contributed by atoms with van der Waals surface area (Å²) in [4.78, 5) is 10.9. The van der Waals surface area contributed by atoms with Crippen molar-refractivity contribution in [2.75, 3.05) is 7.11 Å². The van der Waals surface area contributed by atoms with Crippen molar-refractivity contribution in [3.8, 4) is 11.2 Å². The smallest absolute Gasteiger partial charge is 0.330 e. The van der Waals surface area contributed by atoms with Gasteiger partial charge in [-0.25, -0.2) is 4.79 Å². The molecule has 0 spiro atoms. The van der Waals surface area contributed by atoms with Gasteiger partial charge in [0, 0.05) is 32.8 Å². The average Bonchev–Trinajstić information content (AvgIpc) is 2.34. The molecule has 0 atom stereocenters. The number of carbonyl (C=O) groups is 1. The molecule has 0 aliphatic carbocycles. The van der Waals surface area contributed by atoms with Gasteiger partial charge in [-0.3, -0.25) is 0 Å². The first kappa shape index (κ1) is 13.1. The van der Waals surface area contributed by atoms with E-state index >= 15 is 0 Å². The van der Waals surface area contributed by atoms with Gasteiger partial charge in [0.2, 0.25) is 0 Å². The number of halogens is 1. The van der Waals surface area contributed by atoms with Crippen LogP contribution in [0.1, 0.15) is 11.1 Å². The maximum Gasteiger partial charge on any atom is 0.330 e. The lowest BCUT2D eigenvalue weighted by Gasteiger charge is -1.94. The van der Waals surface area contributed by atoms with Gasteiger partial charge in [0.15, 0.2) is 0 Å². The van der Waals surface area contributed by atoms with Crippen molar-refractivity contribution in [2.24, 2.45) is 0 Å². The normalized spacial score (nSPS) is 9.62. The third-order valence-electron chi connectivity index (χ3n) is 1.76. The summed E-state index contributed by atoms with van der Waals surface area (Å²) >= 11 is 2.13. The van der Waals surface area contributed by atoms with E-state index < -0.39 is 0 Å². The van der Waals surface area contributed by atoms with Gasteiger partial charge in [-0.1, -0.05) is 18.1 Å². The van der Waals surface area contributed by atoms with E-state index in [9.17, 15) is 4.79 Å². The second-order valence-electron chi connectivity index (χ2n) is 2.78. The maximum absolute atomic E-state index is 10.9. The first-order chi connectivity index (χ1) is 7.76. The Labute approximate surface area is 111 Å². The fraction of sp³-hybridized carbons (Fsp3) is 0.0833. The molecule has 2 nitrogen and oxygen atoms in total. The summed E-state index contributed by atoms with van der Waals surface area (Å²) in [5.74, 6) is 2.63. The summed E-state index contributed by atoms with van der Waals surface area (Å²) in [5, 5.41) is 2.90. The molecule has 0 heterocycles. The van der Waals surface area contributed by atoms with Crippen LogP contribution in [0.5, 0.6) is 0 Å². The molecule has 0 fully saturated rings. The van der Waals surface area contributed by atoms with Crippen molar-refractivity contribution in [3.63, 3.8) is 0 Å². The molecule has 16 heavy (non-hydrogen) atoms. The minimum absolute atomic E-state index is 0.356. The third-order valence-corrected chi connectivity index (χ3v) is 2.60. The highest BCUT2D eigenvalue weighted by molar-refractivity contribution is 14.2. The van der Waals surface area contributed by atoms with E-state index in [-0.39, 0.29) is 5.97 Å². The Balaban J connectivity index is 2.72. The minimum atomic E-state index is -0.356. The van der Waals surface area contributed by atoms with Crippen LogP contribution in [0.15, 0.2) is 30.3 Å². The molecule has 0 unspecified atom stereocenters. The van der Waals surface area contributed by atoms with Crippen LogP contribution in [0.4, 0.5) is 0 Å². The number of ether oxygens (including phenoxy) is 1. The number of benzene rings is 1. The van der Waals surface area contributed by atoms with Crippen molar-refractivity contribution in [3.05, 3.63) is 41.5 Å². The van der Waals surface area contributed by atoms with Crippen LogP contribution in [0.25, 0.3) is 6.08 Å². The summed E-state index contributed by atoms with van der Waals surface area (Å²) in [7, 11) is 2.81. The van der Waals surface area contributed by atoms with Gasteiger partial charge >= 0.3 is 5.97 Å². The lowest BCUT2D eigenvalue weighted by Crippen LogP contribution is -1.93. The molecule has 0 radical (unpaired) electrons. The Morgan fingerprint density at radius 2 is 2.12 bits per heavy atom. The van der Waals surface area contributed by atoms with Crippen molar-refractivity contribution in [2.45, 2.75) is 0 Å². The first-order valence-electron chi connectivity index (χ1n) is 4.41. The van der Waals surface area contributed by atoms with Crippen LogP contribution in [0.2, 0.25) is 0 Å². The first-order valence-corrected chi connectivity index (χ1v) is 7.77. The van der Waals surface area contributed by atoms with Crippen molar-refractivity contribution in [1.29, 1.82) is 0 Å². The van der Waals surface area contributed by atoms with Crippen LogP contribution in [-0.2, 0) is 9.53 Å². The molecule has 1 aromatic carbocycles. The van der Waals surface area contributed by atoms with Crippen LogP contribution in [-0.4, -0.2) is 13.1 Å². The Hall–Kier alpha value is -0.930. The lowest BCUT2D eigenvalue weighted by molar-refractivity contribution is -0.134. The van der Waals surface area contributed by atoms with Gasteiger partial charge in [0.25, 0.3) is 0 Å². The minimum Gasteiger partial charge on any atom is -0.466 e. The van der Waals surface area contributed by atoms with Gasteiger partial charge in [0.05, 0.1) is 7.11 Å². The lowest BCUT2D eigenvalue weighted by atomic mass is 10.1. The highest BCUT2D eigenvalue weighted by Gasteiger charge is 1.92. The summed E-state index contributed by atoms with van der Waals surface area (Å²) < 4.78 is 4.50. The van der Waals surface area contributed by atoms with E-state index in [4.69, 9.17) is 0 Å². The third kappa shape index (κ3) is 4.73. The number of esters is 1. The molecule has 0 aliphatic rings. The molecule has 0 aromatic heterocycles. The van der Waals surface area contributed by atoms with Crippen LogP contribution in [0, 0.1) is 11.2 Å². The monoisotopic (exact) mass is 344 g/mol. The van der Waals surface area contributed by atoms with E-state index in [0.717, 1.165) is 11.1 Å². The van der Waals surface area contributed by atoms with Gasteiger partial charge in [-0.2, -0.15) is 0 Å². The van der Waals surface area contributed by atoms with Crippen molar-refractivity contribution >= 4 is 42.2 Å². The molecule has 0 N–H and O–H groups in total. The van der Waals surface area contributed by atoms with E-state index in [2.05, 4.69) is 37.1 Å². The molecule has 82 valence electrons. The van der Waals surface area contributed by atoms with Crippen LogP contribution < -0.4 is 0 Å². The fourth-order valence-corrected chi connectivity index (χ4v) is 1.47. The molecule has 0 saturated heterocycles. The van der Waals surface area contributed by atoms with Gasteiger partial charge in [-0.15, -0.1) is 0 Å². The predicted molar refractivity (Wildman–Crippen MR) is 76.0 cm³/mol. The average molecular weight is 344 g/mol. The summed E-state index contributed by atoms with van der Waals surface area (Å²) in [6.07, 6.45) is 3.09. The van der Waals surface area contributed by atoms with E-state index in [1.807, 2.05) is 24.3 Å². The second kappa shape index (κ2) is 7.36. The Morgan fingerprint density at radius 3 is 2.69 bits per heavy atom. The van der Waals surface area contributed by atoms with Gasteiger partial charge in [0.1, 0.15) is 0 Å². The maximum atomic E-state index is 10.9. The highest BCUT2D eigenvalue weighted by Crippen LogP contribution is 2.09. The Morgan fingerprint density at radius 1 is 1.44 bits per heavy atom. The molecule has 1 rings (SSSR count). The number of hydrogen-bond acceptors (Lipinski definition) is 3. The van der Waals surface area contributed by atoms with Gasteiger partial charge in [-0.05, 0) is 38.0 Å². The number of hydrogen-bond donors (Lipinski definition) is 0. The Kier molecular flexibility index (Phi) is 6.04. The molecule has 0 bridgehead atoms. The van der Waals surface area contributed by atoms with Crippen LogP contribution >= 0.6 is 30.1 Å². The summed E-state index contributed by atoms with van der Waals surface area (Å²) in [6, 6.07) is 7.64. The zero-order valence-electron chi connectivity index (χ0n) is 8.57. The molecule has 4 heteroatoms. The molecule has 0 aliphatic heterocycles. The second-order valence-corrected chi connectivity index (χ2v) is 4.46. The van der Waals surface area contributed by atoms with Crippen molar-refractivity contribution in [1.82, 2.24) is 0 Å². The number of carbonyl (C=O) groups excluding carboxylic acids is 1. The van der Waals surface area contributed by atoms with Crippen LogP contribution in [0.3, 0.4) is 0 Å². The largest absolute Gasteiger partial charge is 0.466 e. The zero-order chi connectivity index (χ0) is 11.8. The Bertz CT molecular complexity index is 440. The molecular weight excluding hydrogens is 335 g/mol. The van der Waals surface area contributed by atoms with E-state index in [0.29, 0.717) is 0 Å². The molecular formula is C12H9IO2S. The van der Waals surface area contributed by atoms with E-state index in [1.54, 1.807) is 6.08 Å². The van der Waals surface area contributed by atoms with Crippen molar-refractivity contribution < 1.29 is 9.53 Å². The zero-order valence-corrected chi connectivity index (χ0v) is 11.5. The van der Waals surface area contributed by atoms with E-state index in [1.165, 1.54) is 22.1 Å². The SMILES string of the molecule is COC(=O)/C=C/c1ccc(C#CSI)cc1. The summed E-state index contributed by atoms with van der Waals surface area (Å²) in [6.45, 7) is 0.